The van der Waals surface area contributed by atoms with Crippen LogP contribution in [-0.2, 0) is 0 Å². The minimum atomic E-state index is -0.0892. The normalized spacial score (nSPS) is 12.6. The number of halogens is 1. The molecule has 0 fully saturated rings. The van der Waals surface area contributed by atoms with Crippen LogP contribution in [0.3, 0.4) is 0 Å². The number of hydrogen-bond acceptors (Lipinski definition) is 7. The fourth-order valence-electron chi connectivity index (χ4n) is 2.72. The van der Waals surface area contributed by atoms with Gasteiger partial charge >= 0.3 is 0 Å². The maximum Gasteiger partial charge on any atom is 0.259 e. The third-order valence-corrected chi connectivity index (χ3v) is 8.10. The lowest BCUT2D eigenvalue weighted by Gasteiger charge is -2.08. The molecule has 1 N–H and O–H groups in total. The molecule has 144 valence electrons. The van der Waals surface area contributed by atoms with E-state index in [9.17, 15) is 4.79 Å². The van der Waals surface area contributed by atoms with E-state index >= 15 is 0 Å². The number of aryl methyl sites for hydroxylation is 2. The number of rotatable bonds is 4. The molecule has 0 spiro atoms. The largest absolute Gasteiger partial charge is 0.309 e. The molecule has 4 rings (SSSR count). The van der Waals surface area contributed by atoms with Crippen molar-refractivity contribution in [3.63, 3.8) is 0 Å². The molecule has 1 aromatic carbocycles. The first-order valence-electron chi connectivity index (χ1n) is 8.36. The monoisotopic (exact) mass is 466 g/mol. The predicted octanol–water partition coefficient (Wildman–Crippen LogP) is 6.08. The van der Waals surface area contributed by atoms with E-state index in [0.29, 0.717) is 20.2 Å². The van der Waals surface area contributed by atoms with Crippen molar-refractivity contribution in [2.45, 2.75) is 30.4 Å². The van der Waals surface area contributed by atoms with E-state index in [0.717, 1.165) is 25.3 Å². The quantitative estimate of drug-likeness (QED) is 0.291. The van der Waals surface area contributed by atoms with E-state index in [1.165, 1.54) is 23.1 Å². The van der Waals surface area contributed by atoms with Gasteiger partial charge in [-0.15, -0.1) is 16.4 Å². The van der Waals surface area contributed by atoms with Gasteiger partial charge in [0, 0.05) is 9.90 Å². The second-order valence-electron chi connectivity index (χ2n) is 6.20. The average Bonchev–Trinajstić information content (AvgIpc) is 3.15. The Morgan fingerprint density at radius 3 is 2.68 bits per heavy atom. The summed E-state index contributed by atoms with van der Waals surface area (Å²) < 4.78 is 3.18. The number of aromatic nitrogens is 4. The highest BCUT2D eigenvalue weighted by Gasteiger charge is 2.18. The summed E-state index contributed by atoms with van der Waals surface area (Å²) >= 11 is 15.9. The zero-order chi connectivity index (χ0) is 20.0. The standard InChI is InChI=1S/C18H15ClN4OS4/c1-8-9(2)26-16-13(8)15(24)20-14(21-16)10(3)27-17-22-23(18(25)28-17)12-6-4-11(19)5-7-12/h4-7,10H,1-3H3,(H,20,21,24). The summed E-state index contributed by atoms with van der Waals surface area (Å²) in [7, 11) is 0. The molecule has 0 radical (unpaired) electrons. The molecule has 0 aliphatic carbocycles. The van der Waals surface area contributed by atoms with Gasteiger partial charge in [0.05, 0.1) is 16.3 Å². The fourth-order valence-corrected chi connectivity index (χ4v) is 6.45. The Morgan fingerprint density at radius 2 is 1.96 bits per heavy atom. The number of hydrogen-bond donors (Lipinski definition) is 1. The number of nitrogens with one attached hydrogen (secondary N) is 1. The van der Waals surface area contributed by atoms with E-state index in [2.05, 4.69) is 15.1 Å². The number of H-pyrrole nitrogens is 1. The van der Waals surface area contributed by atoms with Gasteiger partial charge in [-0.05, 0) is 62.8 Å². The van der Waals surface area contributed by atoms with Gasteiger partial charge in [-0.3, -0.25) is 4.79 Å². The van der Waals surface area contributed by atoms with Crippen molar-refractivity contribution >= 4 is 68.5 Å². The Bertz CT molecular complexity index is 1290. The Balaban J connectivity index is 1.64. The van der Waals surface area contributed by atoms with Crippen molar-refractivity contribution < 1.29 is 0 Å². The minimum absolute atomic E-state index is 0.0703. The molecule has 10 heteroatoms. The van der Waals surface area contributed by atoms with Gasteiger partial charge in [0.2, 0.25) is 0 Å². The van der Waals surface area contributed by atoms with E-state index in [1.54, 1.807) is 16.0 Å². The Hall–Kier alpha value is -1.52. The van der Waals surface area contributed by atoms with Crippen molar-refractivity contribution in [1.29, 1.82) is 0 Å². The molecule has 0 bridgehead atoms. The molecule has 0 saturated carbocycles. The predicted molar refractivity (Wildman–Crippen MR) is 121 cm³/mol. The van der Waals surface area contributed by atoms with Gasteiger partial charge < -0.3 is 4.98 Å². The fraction of sp³-hybridized carbons (Fsp3) is 0.222. The van der Waals surface area contributed by atoms with Crippen molar-refractivity contribution in [2.24, 2.45) is 0 Å². The van der Waals surface area contributed by atoms with Crippen LogP contribution in [-0.4, -0.2) is 19.7 Å². The lowest BCUT2D eigenvalue weighted by molar-refractivity contribution is 0.825. The van der Waals surface area contributed by atoms with Gasteiger partial charge in [-0.2, -0.15) is 0 Å². The topological polar surface area (TPSA) is 63.6 Å². The van der Waals surface area contributed by atoms with Crippen LogP contribution in [0.25, 0.3) is 15.9 Å². The molecular formula is C18H15ClN4OS4. The van der Waals surface area contributed by atoms with Crippen LogP contribution in [0, 0.1) is 17.8 Å². The minimum Gasteiger partial charge on any atom is -0.309 e. The third kappa shape index (κ3) is 3.69. The summed E-state index contributed by atoms with van der Waals surface area (Å²) in [6, 6.07) is 7.37. The molecule has 0 aliphatic heterocycles. The van der Waals surface area contributed by atoms with Crippen molar-refractivity contribution in [2.75, 3.05) is 0 Å². The van der Waals surface area contributed by atoms with E-state index < -0.39 is 0 Å². The van der Waals surface area contributed by atoms with Crippen LogP contribution in [0.15, 0.2) is 33.4 Å². The van der Waals surface area contributed by atoms with Gasteiger partial charge in [-0.1, -0.05) is 34.7 Å². The highest BCUT2D eigenvalue weighted by Crippen LogP contribution is 2.36. The van der Waals surface area contributed by atoms with Crippen molar-refractivity contribution in [3.8, 4) is 5.69 Å². The van der Waals surface area contributed by atoms with Crippen molar-refractivity contribution in [1.82, 2.24) is 19.7 Å². The maximum atomic E-state index is 12.5. The molecule has 0 amide bonds. The van der Waals surface area contributed by atoms with E-state index in [4.69, 9.17) is 23.8 Å². The highest BCUT2D eigenvalue weighted by molar-refractivity contribution is 8.01. The first-order valence-corrected chi connectivity index (χ1v) is 11.7. The van der Waals surface area contributed by atoms with Crippen LogP contribution in [0.1, 0.15) is 28.4 Å². The smallest absolute Gasteiger partial charge is 0.259 e. The van der Waals surface area contributed by atoms with Crippen molar-refractivity contribution in [3.05, 3.63) is 59.9 Å². The van der Waals surface area contributed by atoms with Crippen LogP contribution in [0.4, 0.5) is 0 Å². The lowest BCUT2D eigenvalue weighted by atomic mass is 10.2. The molecule has 3 heterocycles. The summed E-state index contributed by atoms with van der Waals surface area (Å²) in [5, 5.41) is 5.89. The second-order valence-corrected chi connectivity index (χ2v) is 11.0. The molecule has 0 saturated heterocycles. The number of fused-ring (bicyclic) bond motifs is 1. The number of benzene rings is 1. The number of aromatic amines is 1. The van der Waals surface area contributed by atoms with Gasteiger partial charge in [0.1, 0.15) is 10.7 Å². The molecular weight excluding hydrogens is 452 g/mol. The summed E-state index contributed by atoms with van der Waals surface area (Å²) in [6.07, 6.45) is 0. The molecule has 3 aromatic heterocycles. The Morgan fingerprint density at radius 1 is 1.25 bits per heavy atom. The number of thiophene rings is 1. The number of nitrogens with zero attached hydrogens (tertiary/aromatic N) is 3. The Kier molecular flexibility index (Phi) is 5.45. The third-order valence-electron chi connectivity index (χ3n) is 4.32. The van der Waals surface area contributed by atoms with E-state index in [-0.39, 0.29) is 10.8 Å². The summed E-state index contributed by atoms with van der Waals surface area (Å²) in [5.74, 6) is 0.642. The first kappa shape index (κ1) is 19.8. The molecule has 5 nitrogen and oxygen atoms in total. The van der Waals surface area contributed by atoms with Gasteiger partial charge in [0.15, 0.2) is 8.29 Å². The molecule has 4 aromatic rings. The zero-order valence-corrected chi connectivity index (χ0v) is 19.2. The highest BCUT2D eigenvalue weighted by atomic mass is 35.5. The maximum absolute atomic E-state index is 12.5. The second kappa shape index (κ2) is 7.72. The van der Waals surface area contributed by atoms with E-state index in [1.807, 2.05) is 45.0 Å². The number of thioether (sulfide) groups is 1. The SMILES string of the molecule is Cc1sc2nc(C(C)Sc3nn(-c4ccc(Cl)cc4)c(=S)s3)[nH]c(=O)c2c1C. The van der Waals surface area contributed by atoms with Crippen LogP contribution in [0.2, 0.25) is 5.02 Å². The van der Waals surface area contributed by atoms with Crippen LogP contribution >= 0.6 is 58.3 Å². The van der Waals surface area contributed by atoms with Crippen LogP contribution < -0.4 is 5.56 Å². The zero-order valence-electron chi connectivity index (χ0n) is 15.1. The average molecular weight is 467 g/mol. The molecule has 0 aliphatic rings. The molecule has 1 unspecified atom stereocenters. The summed E-state index contributed by atoms with van der Waals surface area (Å²) in [6.45, 7) is 5.97. The van der Waals surface area contributed by atoms with Crippen LogP contribution in [0.5, 0.6) is 0 Å². The molecule has 1 atom stereocenters. The first-order chi connectivity index (χ1) is 13.3. The summed E-state index contributed by atoms with van der Waals surface area (Å²) in [4.78, 5) is 22.0. The summed E-state index contributed by atoms with van der Waals surface area (Å²) in [5.41, 5.74) is 1.77. The van der Waals surface area contributed by atoms with Gasteiger partial charge in [-0.25, -0.2) is 9.67 Å². The lowest BCUT2D eigenvalue weighted by Crippen LogP contribution is -2.12. The Labute approximate surface area is 183 Å². The van der Waals surface area contributed by atoms with Gasteiger partial charge in [0.25, 0.3) is 5.56 Å². The molecule has 28 heavy (non-hydrogen) atoms.